The maximum absolute atomic E-state index is 12.7. The van der Waals surface area contributed by atoms with Gasteiger partial charge in [-0.05, 0) is 31.0 Å². The molecule has 3 rings (SSSR count). The molecule has 1 aromatic heterocycles. The molecule has 5 heteroatoms. The van der Waals surface area contributed by atoms with E-state index in [-0.39, 0.29) is 5.91 Å². The number of rotatable bonds is 4. The van der Waals surface area contributed by atoms with Gasteiger partial charge in [-0.15, -0.1) is 0 Å². The van der Waals surface area contributed by atoms with Crippen molar-refractivity contribution in [2.75, 3.05) is 26.2 Å². The molecule has 0 spiro atoms. The zero-order valence-corrected chi connectivity index (χ0v) is 14.9. The predicted molar refractivity (Wildman–Crippen MR) is 98.9 cm³/mol. The minimum atomic E-state index is -0.581. The average molecular weight is 338 g/mol. The number of piperazine rings is 1. The Morgan fingerprint density at radius 2 is 1.76 bits per heavy atom. The van der Waals surface area contributed by atoms with Gasteiger partial charge in [0.05, 0.1) is 0 Å². The van der Waals surface area contributed by atoms with E-state index < -0.39 is 6.04 Å². The van der Waals surface area contributed by atoms with Crippen LogP contribution >= 0.6 is 0 Å². The van der Waals surface area contributed by atoms with E-state index in [1.807, 2.05) is 48.4 Å². The third-order valence-electron chi connectivity index (χ3n) is 5.04. The normalized spacial score (nSPS) is 18.0. The average Bonchev–Trinajstić information content (AvgIpc) is 2.67. The number of pyridine rings is 1. The largest absolute Gasteiger partial charge is 0.338 e. The number of carbonyl (C=O) groups excluding carboxylic acids is 1. The molecule has 0 bridgehead atoms. The van der Waals surface area contributed by atoms with E-state index in [2.05, 4.69) is 22.9 Å². The van der Waals surface area contributed by atoms with Gasteiger partial charge in [0.25, 0.3) is 0 Å². The zero-order valence-electron chi connectivity index (χ0n) is 14.9. The van der Waals surface area contributed by atoms with Crippen LogP contribution in [0.25, 0.3) is 0 Å². The minimum Gasteiger partial charge on any atom is -0.338 e. The standard InChI is InChI=1S/C20H26N4O/c1-15-5-7-17(8-6-15)19(21)20(25)24-12-10-23(11-13-24)16(2)18-4-3-9-22-14-18/h3-9,14,16,19H,10-13,21H2,1-2H3. The van der Waals surface area contributed by atoms with Crippen LogP contribution in [0, 0.1) is 6.92 Å². The number of nitrogens with two attached hydrogens (primary N) is 1. The molecule has 2 heterocycles. The minimum absolute atomic E-state index is 0.0116. The number of aromatic nitrogens is 1. The van der Waals surface area contributed by atoms with Gasteiger partial charge in [-0.1, -0.05) is 35.9 Å². The second-order valence-electron chi connectivity index (χ2n) is 6.71. The molecule has 1 amide bonds. The molecule has 1 fully saturated rings. The fourth-order valence-electron chi connectivity index (χ4n) is 3.28. The maximum Gasteiger partial charge on any atom is 0.244 e. The van der Waals surface area contributed by atoms with Crippen molar-refractivity contribution < 1.29 is 4.79 Å². The summed E-state index contributed by atoms with van der Waals surface area (Å²) in [7, 11) is 0. The molecule has 2 aromatic rings. The summed E-state index contributed by atoms with van der Waals surface area (Å²) < 4.78 is 0. The lowest BCUT2D eigenvalue weighted by atomic mass is 10.0. The molecular formula is C20H26N4O. The Balaban J connectivity index is 1.58. The second-order valence-corrected chi connectivity index (χ2v) is 6.71. The highest BCUT2D eigenvalue weighted by Gasteiger charge is 2.28. The van der Waals surface area contributed by atoms with Gasteiger partial charge in [-0.25, -0.2) is 0 Å². The first-order valence-corrected chi connectivity index (χ1v) is 8.81. The van der Waals surface area contributed by atoms with Crippen molar-refractivity contribution in [1.29, 1.82) is 0 Å². The van der Waals surface area contributed by atoms with Crippen molar-refractivity contribution in [3.8, 4) is 0 Å². The van der Waals surface area contributed by atoms with Crippen LogP contribution in [0.2, 0.25) is 0 Å². The molecule has 1 aliphatic rings. The molecule has 0 aliphatic carbocycles. The molecule has 0 saturated carbocycles. The summed E-state index contributed by atoms with van der Waals surface area (Å²) in [6.07, 6.45) is 3.70. The van der Waals surface area contributed by atoms with Crippen LogP contribution < -0.4 is 5.73 Å². The van der Waals surface area contributed by atoms with Gasteiger partial charge >= 0.3 is 0 Å². The summed E-state index contributed by atoms with van der Waals surface area (Å²) in [6.45, 7) is 7.34. The fourth-order valence-corrected chi connectivity index (χ4v) is 3.28. The van der Waals surface area contributed by atoms with Gasteiger partial charge < -0.3 is 10.6 Å². The first-order chi connectivity index (χ1) is 12.1. The first-order valence-electron chi connectivity index (χ1n) is 8.81. The maximum atomic E-state index is 12.7. The number of hydrogen-bond acceptors (Lipinski definition) is 4. The number of nitrogens with zero attached hydrogens (tertiary/aromatic N) is 3. The Morgan fingerprint density at radius 3 is 2.36 bits per heavy atom. The quantitative estimate of drug-likeness (QED) is 0.929. The molecule has 2 atom stereocenters. The third kappa shape index (κ3) is 4.06. The molecule has 1 saturated heterocycles. The summed E-state index contributed by atoms with van der Waals surface area (Å²) >= 11 is 0. The van der Waals surface area contributed by atoms with Crippen LogP contribution in [-0.2, 0) is 4.79 Å². The lowest BCUT2D eigenvalue weighted by Gasteiger charge is -2.39. The van der Waals surface area contributed by atoms with Crippen LogP contribution in [0.3, 0.4) is 0 Å². The van der Waals surface area contributed by atoms with E-state index in [4.69, 9.17) is 5.73 Å². The van der Waals surface area contributed by atoms with Crippen LogP contribution in [-0.4, -0.2) is 46.9 Å². The molecular weight excluding hydrogens is 312 g/mol. The van der Waals surface area contributed by atoms with E-state index in [1.165, 1.54) is 11.1 Å². The van der Waals surface area contributed by atoms with Crippen LogP contribution in [0.5, 0.6) is 0 Å². The molecule has 2 unspecified atom stereocenters. The molecule has 1 aliphatic heterocycles. The highest BCUT2D eigenvalue weighted by molar-refractivity contribution is 5.83. The van der Waals surface area contributed by atoms with E-state index in [9.17, 15) is 4.79 Å². The Labute approximate surface area is 149 Å². The number of benzene rings is 1. The van der Waals surface area contributed by atoms with Crippen molar-refractivity contribution in [2.24, 2.45) is 5.73 Å². The lowest BCUT2D eigenvalue weighted by molar-refractivity contribution is -0.134. The highest BCUT2D eigenvalue weighted by Crippen LogP contribution is 2.22. The Kier molecular flexibility index (Phi) is 5.46. The summed E-state index contributed by atoms with van der Waals surface area (Å²) in [5.41, 5.74) is 9.44. The molecule has 2 N–H and O–H groups in total. The van der Waals surface area contributed by atoms with Crippen molar-refractivity contribution in [3.05, 3.63) is 65.5 Å². The zero-order chi connectivity index (χ0) is 17.8. The Morgan fingerprint density at radius 1 is 1.08 bits per heavy atom. The summed E-state index contributed by atoms with van der Waals surface area (Å²) in [4.78, 5) is 21.2. The van der Waals surface area contributed by atoms with E-state index >= 15 is 0 Å². The summed E-state index contributed by atoms with van der Waals surface area (Å²) in [5, 5.41) is 0. The summed E-state index contributed by atoms with van der Waals surface area (Å²) in [6, 6.07) is 11.7. The van der Waals surface area contributed by atoms with E-state index in [1.54, 1.807) is 6.20 Å². The van der Waals surface area contributed by atoms with Crippen LogP contribution in [0.4, 0.5) is 0 Å². The monoisotopic (exact) mass is 338 g/mol. The van der Waals surface area contributed by atoms with E-state index in [0.717, 1.165) is 18.7 Å². The Bertz CT molecular complexity index is 693. The van der Waals surface area contributed by atoms with Gasteiger partial charge in [-0.2, -0.15) is 0 Å². The van der Waals surface area contributed by atoms with Gasteiger partial charge in [0.2, 0.25) is 5.91 Å². The van der Waals surface area contributed by atoms with Crippen LogP contribution in [0.1, 0.15) is 35.7 Å². The first kappa shape index (κ1) is 17.6. The van der Waals surface area contributed by atoms with Crippen molar-refractivity contribution in [1.82, 2.24) is 14.8 Å². The van der Waals surface area contributed by atoms with Gasteiger partial charge in [0.15, 0.2) is 0 Å². The van der Waals surface area contributed by atoms with Crippen LogP contribution in [0.15, 0.2) is 48.8 Å². The van der Waals surface area contributed by atoms with Gasteiger partial charge in [-0.3, -0.25) is 14.7 Å². The molecule has 25 heavy (non-hydrogen) atoms. The second kappa shape index (κ2) is 7.76. The highest BCUT2D eigenvalue weighted by atomic mass is 16.2. The SMILES string of the molecule is Cc1ccc(C(N)C(=O)N2CCN(C(C)c3cccnc3)CC2)cc1. The predicted octanol–water partition coefficient (Wildman–Crippen LogP) is 2.30. The molecule has 132 valence electrons. The topological polar surface area (TPSA) is 62.5 Å². The number of amides is 1. The molecule has 5 nitrogen and oxygen atoms in total. The molecule has 0 radical (unpaired) electrons. The number of aryl methyl sites for hydroxylation is 1. The van der Waals surface area contributed by atoms with Crippen molar-refractivity contribution in [3.63, 3.8) is 0 Å². The number of carbonyl (C=O) groups is 1. The summed E-state index contributed by atoms with van der Waals surface area (Å²) in [5.74, 6) is 0.0116. The van der Waals surface area contributed by atoms with Crippen molar-refractivity contribution in [2.45, 2.75) is 25.9 Å². The third-order valence-corrected chi connectivity index (χ3v) is 5.04. The number of hydrogen-bond donors (Lipinski definition) is 1. The molecule has 1 aromatic carbocycles. The van der Waals surface area contributed by atoms with Gasteiger partial charge in [0.1, 0.15) is 6.04 Å². The van der Waals surface area contributed by atoms with Crippen molar-refractivity contribution >= 4 is 5.91 Å². The fraction of sp³-hybridized carbons (Fsp3) is 0.400. The smallest absolute Gasteiger partial charge is 0.244 e. The Hall–Kier alpha value is -2.24. The van der Waals surface area contributed by atoms with Gasteiger partial charge in [0, 0.05) is 44.6 Å². The lowest BCUT2D eigenvalue weighted by Crippen LogP contribution is -2.51. The van der Waals surface area contributed by atoms with E-state index in [0.29, 0.717) is 19.1 Å².